The van der Waals surface area contributed by atoms with Gasteiger partial charge in [0, 0.05) is 24.6 Å². The second kappa shape index (κ2) is 6.78. The van der Waals surface area contributed by atoms with Gasteiger partial charge >= 0.3 is 0 Å². The van der Waals surface area contributed by atoms with Crippen molar-refractivity contribution in [1.82, 2.24) is 21.2 Å². The van der Waals surface area contributed by atoms with E-state index in [0.717, 1.165) is 37.0 Å². The van der Waals surface area contributed by atoms with E-state index in [1.807, 2.05) is 0 Å². The highest BCUT2D eigenvalue weighted by atomic mass is 16.2. The summed E-state index contributed by atoms with van der Waals surface area (Å²) in [5.74, 6) is 1.56. The van der Waals surface area contributed by atoms with E-state index in [2.05, 4.69) is 21.2 Å². The second-order valence-corrected chi connectivity index (χ2v) is 8.29. The Morgan fingerprint density at radius 2 is 1.69 bits per heavy atom. The number of hydrogen-bond donors (Lipinski definition) is 4. The van der Waals surface area contributed by atoms with Crippen molar-refractivity contribution in [2.24, 2.45) is 23.2 Å². The van der Waals surface area contributed by atoms with E-state index < -0.39 is 5.91 Å². The smallest absolute Gasteiger partial charge is 0.286 e. The quantitative estimate of drug-likeness (QED) is 0.600. The number of nitrogens with one attached hydrogen (secondary N) is 4. The van der Waals surface area contributed by atoms with Crippen molar-refractivity contribution in [2.75, 3.05) is 6.54 Å². The predicted molar refractivity (Wildman–Crippen MR) is 94.6 cm³/mol. The van der Waals surface area contributed by atoms with E-state index in [-0.39, 0.29) is 23.7 Å². The fourth-order valence-electron chi connectivity index (χ4n) is 5.59. The summed E-state index contributed by atoms with van der Waals surface area (Å²) < 4.78 is 0. The number of H-pyrrole nitrogens is 1. The van der Waals surface area contributed by atoms with Gasteiger partial charge in [0.15, 0.2) is 0 Å². The van der Waals surface area contributed by atoms with Gasteiger partial charge in [0.25, 0.3) is 5.91 Å². The van der Waals surface area contributed by atoms with Crippen molar-refractivity contribution < 1.29 is 14.4 Å². The van der Waals surface area contributed by atoms with Gasteiger partial charge in [-0.05, 0) is 68.4 Å². The zero-order valence-corrected chi connectivity index (χ0v) is 14.8. The minimum Gasteiger partial charge on any atom is -0.357 e. The molecule has 0 aromatic carbocycles. The molecular formula is C19H26N4O3. The molecule has 4 N–H and O–H groups in total. The van der Waals surface area contributed by atoms with Crippen LogP contribution in [0.5, 0.6) is 0 Å². The predicted octanol–water partition coefficient (Wildman–Crippen LogP) is 1.50. The number of aromatic nitrogens is 1. The third kappa shape index (κ3) is 3.34. The van der Waals surface area contributed by atoms with Crippen molar-refractivity contribution in [2.45, 2.75) is 44.9 Å². The van der Waals surface area contributed by atoms with Crippen LogP contribution in [0.15, 0.2) is 18.3 Å². The highest BCUT2D eigenvalue weighted by Gasteiger charge is 2.54. The van der Waals surface area contributed by atoms with E-state index in [4.69, 9.17) is 0 Å². The summed E-state index contributed by atoms with van der Waals surface area (Å²) in [6, 6.07) is 3.32. The molecule has 4 bridgehead atoms. The number of aromatic amines is 1. The Bertz CT molecular complexity index is 662. The zero-order valence-electron chi connectivity index (χ0n) is 14.8. The molecule has 4 aliphatic carbocycles. The number of hydrazine groups is 1. The molecule has 7 nitrogen and oxygen atoms in total. The molecule has 0 atom stereocenters. The monoisotopic (exact) mass is 358 g/mol. The first-order valence-electron chi connectivity index (χ1n) is 9.55. The van der Waals surface area contributed by atoms with Crippen molar-refractivity contribution in [1.29, 1.82) is 0 Å². The minimum absolute atomic E-state index is 0.125. The molecule has 7 heteroatoms. The van der Waals surface area contributed by atoms with E-state index >= 15 is 0 Å². The standard InChI is InChI=1S/C19H26N4O3/c24-16(22-23-17(25)15-2-1-4-20-15)3-5-21-18(26)19-9-12-6-13(10-19)8-14(7-12)11-19/h1-2,4,12-14,20H,3,5-11H2,(H,21,26)(H,22,24)(H,23,25). The lowest BCUT2D eigenvalue weighted by Crippen LogP contribution is -2.54. The lowest BCUT2D eigenvalue weighted by molar-refractivity contribution is -0.146. The third-order valence-corrected chi connectivity index (χ3v) is 6.32. The van der Waals surface area contributed by atoms with Crippen molar-refractivity contribution in [3.05, 3.63) is 24.0 Å². The number of hydrogen-bond acceptors (Lipinski definition) is 3. The van der Waals surface area contributed by atoms with Gasteiger partial charge < -0.3 is 10.3 Å². The summed E-state index contributed by atoms with van der Waals surface area (Å²) in [7, 11) is 0. The second-order valence-electron chi connectivity index (χ2n) is 8.29. The van der Waals surface area contributed by atoms with Crippen molar-refractivity contribution in [3.63, 3.8) is 0 Å². The van der Waals surface area contributed by atoms with E-state index in [1.54, 1.807) is 18.3 Å². The molecule has 4 fully saturated rings. The van der Waals surface area contributed by atoms with Crippen LogP contribution in [0.4, 0.5) is 0 Å². The van der Waals surface area contributed by atoms with Gasteiger partial charge in [-0.25, -0.2) is 0 Å². The highest BCUT2D eigenvalue weighted by molar-refractivity contribution is 5.93. The fraction of sp³-hybridized carbons (Fsp3) is 0.632. The average Bonchev–Trinajstić information content (AvgIpc) is 3.13. The topological polar surface area (TPSA) is 103 Å². The largest absolute Gasteiger partial charge is 0.357 e. The van der Waals surface area contributed by atoms with Crippen LogP contribution in [0, 0.1) is 23.2 Å². The molecule has 1 aromatic heterocycles. The van der Waals surface area contributed by atoms with Gasteiger partial charge in [-0.15, -0.1) is 0 Å². The molecule has 0 saturated heterocycles. The lowest BCUT2D eigenvalue weighted by atomic mass is 9.49. The molecule has 1 heterocycles. The van der Waals surface area contributed by atoms with Crippen molar-refractivity contribution >= 4 is 17.7 Å². The molecule has 4 saturated carbocycles. The summed E-state index contributed by atoms with van der Waals surface area (Å²) in [6.07, 6.45) is 8.73. The third-order valence-electron chi connectivity index (χ3n) is 6.32. The Kier molecular flexibility index (Phi) is 4.46. The van der Waals surface area contributed by atoms with Crippen LogP contribution in [0.2, 0.25) is 0 Å². The maximum atomic E-state index is 12.8. The molecule has 26 heavy (non-hydrogen) atoms. The summed E-state index contributed by atoms with van der Waals surface area (Å²) >= 11 is 0. The summed E-state index contributed by atoms with van der Waals surface area (Å²) in [5.41, 5.74) is 4.91. The summed E-state index contributed by atoms with van der Waals surface area (Å²) in [5, 5.41) is 2.97. The Balaban J connectivity index is 1.20. The molecule has 3 amide bonds. The van der Waals surface area contributed by atoms with Crippen molar-refractivity contribution in [3.8, 4) is 0 Å². The van der Waals surface area contributed by atoms with Crippen LogP contribution in [0.1, 0.15) is 55.4 Å². The van der Waals surface area contributed by atoms with Crippen LogP contribution < -0.4 is 16.2 Å². The number of amides is 3. The molecule has 0 aliphatic heterocycles. The minimum atomic E-state index is -0.402. The first-order valence-corrected chi connectivity index (χ1v) is 9.55. The maximum absolute atomic E-state index is 12.8. The lowest BCUT2D eigenvalue weighted by Gasteiger charge is -2.55. The first-order chi connectivity index (χ1) is 12.5. The Morgan fingerprint density at radius 1 is 1.04 bits per heavy atom. The zero-order chi connectivity index (χ0) is 18.1. The Morgan fingerprint density at radius 3 is 2.27 bits per heavy atom. The van der Waals surface area contributed by atoms with Crippen LogP contribution in [0.3, 0.4) is 0 Å². The van der Waals surface area contributed by atoms with Crippen LogP contribution >= 0.6 is 0 Å². The van der Waals surface area contributed by atoms with Gasteiger partial charge in [-0.2, -0.15) is 0 Å². The van der Waals surface area contributed by atoms with Crippen LogP contribution in [-0.2, 0) is 9.59 Å². The first kappa shape index (κ1) is 17.1. The molecule has 0 radical (unpaired) electrons. The van der Waals surface area contributed by atoms with E-state index in [1.165, 1.54) is 19.3 Å². The molecule has 1 aromatic rings. The van der Waals surface area contributed by atoms with E-state index in [0.29, 0.717) is 12.2 Å². The Labute approximate surface area is 152 Å². The molecule has 5 rings (SSSR count). The molecular weight excluding hydrogens is 332 g/mol. The van der Waals surface area contributed by atoms with Gasteiger partial charge in [-0.3, -0.25) is 25.2 Å². The fourth-order valence-corrected chi connectivity index (χ4v) is 5.59. The highest BCUT2D eigenvalue weighted by Crippen LogP contribution is 2.60. The normalized spacial score (nSPS) is 31.5. The molecule has 0 spiro atoms. The summed E-state index contributed by atoms with van der Waals surface area (Å²) in [6.45, 7) is 0.296. The number of rotatable bonds is 5. The van der Waals surface area contributed by atoms with Gasteiger partial charge in [0.05, 0.1) is 0 Å². The molecule has 0 unspecified atom stereocenters. The number of carbonyl (C=O) groups excluding carboxylic acids is 3. The molecule has 4 aliphatic rings. The van der Waals surface area contributed by atoms with Gasteiger partial charge in [-0.1, -0.05) is 0 Å². The SMILES string of the molecule is O=C(CCNC(=O)C12CC3CC(CC(C3)C1)C2)NNC(=O)c1ccc[nH]1. The number of carbonyl (C=O) groups is 3. The Hall–Kier alpha value is -2.31. The maximum Gasteiger partial charge on any atom is 0.286 e. The van der Waals surface area contributed by atoms with Gasteiger partial charge in [0.2, 0.25) is 11.8 Å². The van der Waals surface area contributed by atoms with Gasteiger partial charge in [0.1, 0.15) is 5.69 Å². The van der Waals surface area contributed by atoms with Crippen LogP contribution in [0.25, 0.3) is 0 Å². The van der Waals surface area contributed by atoms with Crippen LogP contribution in [-0.4, -0.2) is 29.3 Å². The average molecular weight is 358 g/mol. The summed E-state index contributed by atoms with van der Waals surface area (Å²) in [4.78, 5) is 39.1. The van der Waals surface area contributed by atoms with E-state index in [9.17, 15) is 14.4 Å². The molecule has 140 valence electrons.